The summed E-state index contributed by atoms with van der Waals surface area (Å²) in [7, 11) is 0. The highest BCUT2D eigenvalue weighted by molar-refractivity contribution is 5.66. The van der Waals surface area contributed by atoms with Crippen LogP contribution in [0, 0.1) is 17.7 Å². The number of halogens is 1. The Morgan fingerprint density at radius 3 is 2.50 bits per heavy atom. The molecule has 100 valence electrons. The van der Waals surface area contributed by atoms with Crippen molar-refractivity contribution in [2.24, 2.45) is 11.8 Å². The molecule has 1 saturated carbocycles. The smallest absolute Gasteiger partial charge is 0.148 e. The van der Waals surface area contributed by atoms with E-state index in [1.165, 1.54) is 38.2 Å². The molecule has 3 N–H and O–H groups in total. The van der Waals surface area contributed by atoms with Gasteiger partial charge in [0.2, 0.25) is 0 Å². The van der Waals surface area contributed by atoms with Crippen molar-refractivity contribution in [2.75, 3.05) is 17.6 Å². The van der Waals surface area contributed by atoms with Crippen LogP contribution in [0.3, 0.4) is 0 Å². The van der Waals surface area contributed by atoms with E-state index in [4.69, 9.17) is 5.73 Å². The standard InChI is InChI=1S/C15H23FN2/c1-2-11-6-8-12(9-7-11)10-18-15-13(16)4-3-5-14(15)17/h3-5,11-12,18H,2,6-10,17H2,1H3. The van der Waals surface area contributed by atoms with E-state index in [0.29, 0.717) is 17.3 Å². The van der Waals surface area contributed by atoms with Crippen molar-refractivity contribution in [1.82, 2.24) is 0 Å². The van der Waals surface area contributed by atoms with Crippen LogP contribution < -0.4 is 11.1 Å². The topological polar surface area (TPSA) is 38.0 Å². The number of nitrogen functional groups attached to an aromatic ring is 1. The monoisotopic (exact) mass is 250 g/mol. The zero-order chi connectivity index (χ0) is 13.0. The number of nitrogens with one attached hydrogen (secondary N) is 1. The molecule has 3 heteroatoms. The molecule has 0 aliphatic heterocycles. The van der Waals surface area contributed by atoms with Crippen LogP contribution in [0.15, 0.2) is 18.2 Å². The van der Waals surface area contributed by atoms with E-state index >= 15 is 0 Å². The number of rotatable bonds is 4. The van der Waals surface area contributed by atoms with Crippen LogP contribution in [0.25, 0.3) is 0 Å². The molecule has 0 atom stereocenters. The van der Waals surface area contributed by atoms with Crippen molar-refractivity contribution < 1.29 is 4.39 Å². The van der Waals surface area contributed by atoms with Crippen molar-refractivity contribution in [1.29, 1.82) is 0 Å². The molecule has 0 unspecified atom stereocenters. The van der Waals surface area contributed by atoms with E-state index in [0.717, 1.165) is 12.5 Å². The first-order chi connectivity index (χ1) is 8.70. The molecule has 1 aromatic carbocycles. The van der Waals surface area contributed by atoms with E-state index < -0.39 is 0 Å². The number of nitrogens with two attached hydrogens (primary N) is 1. The quantitative estimate of drug-likeness (QED) is 0.792. The summed E-state index contributed by atoms with van der Waals surface area (Å²) < 4.78 is 13.6. The lowest BCUT2D eigenvalue weighted by atomic mass is 9.81. The maximum Gasteiger partial charge on any atom is 0.148 e. The van der Waals surface area contributed by atoms with Gasteiger partial charge in [0.15, 0.2) is 0 Å². The number of para-hydroxylation sites is 1. The SMILES string of the molecule is CCC1CCC(CNc2c(N)cccc2F)CC1. The van der Waals surface area contributed by atoms with Crippen molar-refractivity contribution in [2.45, 2.75) is 39.0 Å². The molecule has 1 aliphatic rings. The lowest BCUT2D eigenvalue weighted by molar-refractivity contribution is 0.278. The van der Waals surface area contributed by atoms with Gasteiger partial charge >= 0.3 is 0 Å². The van der Waals surface area contributed by atoms with Crippen LogP contribution in [-0.2, 0) is 0 Å². The Balaban J connectivity index is 1.85. The Morgan fingerprint density at radius 1 is 1.22 bits per heavy atom. The first-order valence-corrected chi connectivity index (χ1v) is 6.98. The van der Waals surface area contributed by atoms with Gasteiger partial charge < -0.3 is 11.1 Å². The molecule has 0 saturated heterocycles. The normalized spacial score (nSPS) is 23.9. The molecule has 1 aliphatic carbocycles. The van der Waals surface area contributed by atoms with Crippen molar-refractivity contribution in [3.8, 4) is 0 Å². The minimum absolute atomic E-state index is 0.253. The van der Waals surface area contributed by atoms with Gasteiger partial charge in [0.1, 0.15) is 5.82 Å². The van der Waals surface area contributed by atoms with Gasteiger partial charge in [-0.2, -0.15) is 0 Å². The summed E-state index contributed by atoms with van der Waals surface area (Å²) in [6.07, 6.45) is 6.42. The van der Waals surface area contributed by atoms with Crippen LogP contribution in [0.1, 0.15) is 39.0 Å². The van der Waals surface area contributed by atoms with E-state index in [-0.39, 0.29) is 5.82 Å². The predicted octanol–water partition coefficient (Wildman–Crippen LogP) is 4.04. The molecule has 0 aromatic heterocycles. The Labute approximate surface area is 109 Å². The third-order valence-electron chi connectivity index (χ3n) is 4.16. The van der Waals surface area contributed by atoms with Crippen LogP contribution in [0.5, 0.6) is 0 Å². The Kier molecular flexibility index (Phi) is 4.45. The Bertz CT molecular complexity index is 364. The fourth-order valence-corrected chi connectivity index (χ4v) is 2.82. The second-order valence-corrected chi connectivity index (χ2v) is 5.38. The molecule has 18 heavy (non-hydrogen) atoms. The maximum absolute atomic E-state index is 13.6. The molecule has 2 nitrogen and oxygen atoms in total. The minimum Gasteiger partial charge on any atom is -0.397 e. The van der Waals surface area contributed by atoms with E-state index in [1.807, 2.05) is 0 Å². The molecule has 1 aromatic rings. The van der Waals surface area contributed by atoms with Crippen molar-refractivity contribution in [3.05, 3.63) is 24.0 Å². The average molecular weight is 250 g/mol. The predicted molar refractivity (Wildman–Crippen MR) is 75.0 cm³/mol. The van der Waals surface area contributed by atoms with Gasteiger partial charge in [-0.05, 0) is 36.8 Å². The number of hydrogen-bond donors (Lipinski definition) is 2. The maximum atomic E-state index is 13.6. The summed E-state index contributed by atoms with van der Waals surface area (Å²) >= 11 is 0. The third kappa shape index (κ3) is 3.15. The highest BCUT2D eigenvalue weighted by Gasteiger charge is 2.20. The van der Waals surface area contributed by atoms with Gasteiger partial charge in [-0.15, -0.1) is 0 Å². The van der Waals surface area contributed by atoms with Gasteiger partial charge in [-0.25, -0.2) is 4.39 Å². The van der Waals surface area contributed by atoms with Crippen LogP contribution in [-0.4, -0.2) is 6.54 Å². The largest absolute Gasteiger partial charge is 0.397 e. The molecule has 0 amide bonds. The van der Waals surface area contributed by atoms with E-state index in [1.54, 1.807) is 12.1 Å². The first kappa shape index (κ1) is 13.2. The molecule has 0 heterocycles. The van der Waals surface area contributed by atoms with Gasteiger partial charge in [0.05, 0.1) is 11.4 Å². The second kappa shape index (κ2) is 6.07. The molecular weight excluding hydrogens is 227 g/mol. The lowest BCUT2D eigenvalue weighted by Gasteiger charge is -2.28. The van der Waals surface area contributed by atoms with Gasteiger partial charge in [-0.3, -0.25) is 0 Å². The van der Waals surface area contributed by atoms with Crippen LogP contribution in [0.2, 0.25) is 0 Å². The summed E-state index contributed by atoms with van der Waals surface area (Å²) in [6, 6.07) is 4.83. The van der Waals surface area contributed by atoms with Crippen molar-refractivity contribution in [3.63, 3.8) is 0 Å². The summed E-state index contributed by atoms with van der Waals surface area (Å²) in [6.45, 7) is 3.10. The molecule has 0 bridgehead atoms. The highest BCUT2D eigenvalue weighted by atomic mass is 19.1. The fraction of sp³-hybridized carbons (Fsp3) is 0.600. The van der Waals surface area contributed by atoms with Crippen LogP contribution >= 0.6 is 0 Å². The van der Waals surface area contributed by atoms with Gasteiger partial charge in [-0.1, -0.05) is 32.3 Å². The summed E-state index contributed by atoms with van der Waals surface area (Å²) in [4.78, 5) is 0. The number of benzene rings is 1. The van der Waals surface area contributed by atoms with E-state index in [9.17, 15) is 4.39 Å². The summed E-state index contributed by atoms with van der Waals surface area (Å²) in [5, 5.41) is 3.18. The number of anilines is 2. The lowest BCUT2D eigenvalue weighted by Crippen LogP contribution is -2.21. The second-order valence-electron chi connectivity index (χ2n) is 5.38. The van der Waals surface area contributed by atoms with Crippen LogP contribution in [0.4, 0.5) is 15.8 Å². The molecule has 1 fully saturated rings. The van der Waals surface area contributed by atoms with Crippen molar-refractivity contribution >= 4 is 11.4 Å². The average Bonchev–Trinajstić information content (AvgIpc) is 2.39. The van der Waals surface area contributed by atoms with Gasteiger partial charge in [0.25, 0.3) is 0 Å². The third-order valence-corrected chi connectivity index (χ3v) is 4.16. The minimum atomic E-state index is -0.253. The Hall–Kier alpha value is -1.25. The molecule has 2 rings (SSSR count). The fourth-order valence-electron chi connectivity index (χ4n) is 2.82. The van der Waals surface area contributed by atoms with Gasteiger partial charge in [0, 0.05) is 6.54 Å². The first-order valence-electron chi connectivity index (χ1n) is 6.98. The molecular formula is C15H23FN2. The zero-order valence-electron chi connectivity index (χ0n) is 11.1. The molecule has 0 radical (unpaired) electrons. The van der Waals surface area contributed by atoms with E-state index in [2.05, 4.69) is 12.2 Å². The summed E-state index contributed by atoms with van der Waals surface area (Å²) in [5.41, 5.74) is 6.74. The Morgan fingerprint density at radius 2 is 1.89 bits per heavy atom. The zero-order valence-corrected chi connectivity index (χ0v) is 11.1. The summed E-state index contributed by atoms with van der Waals surface area (Å²) in [5.74, 6) is 1.31. The molecule has 0 spiro atoms. The highest BCUT2D eigenvalue weighted by Crippen LogP contribution is 2.31. The number of hydrogen-bond acceptors (Lipinski definition) is 2.